The van der Waals surface area contributed by atoms with E-state index < -0.39 is 11.6 Å². The summed E-state index contributed by atoms with van der Waals surface area (Å²) >= 11 is 0. The highest BCUT2D eigenvalue weighted by Gasteiger charge is 2.51. The average molecular weight is 254 g/mol. The van der Waals surface area contributed by atoms with Gasteiger partial charge < -0.3 is 9.84 Å². The number of hydrogen-bond acceptors (Lipinski definition) is 2. The lowest BCUT2D eigenvalue weighted by Crippen LogP contribution is -2.23. The summed E-state index contributed by atoms with van der Waals surface area (Å²) < 4.78 is 5.07. The molecule has 104 valence electrons. The minimum Gasteiger partial charge on any atom is -0.479 e. The monoisotopic (exact) mass is 254 g/mol. The number of rotatable bonds is 7. The first-order chi connectivity index (χ1) is 8.73. The summed E-state index contributed by atoms with van der Waals surface area (Å²) in [6, 6.07) is 0. The molecule has 0 aromatic heterocycles. The second-order valence-electron chi connectivity index (χ2n) is 6.05. The largest absolute Gasteiger partial charge is 0.479 e. The van der Waals surface area contributed by atoms with Crippen LogP contribution in [0, 0.1) is 5.92 Å². The SMILES string of the molecule is O=C(O)C1(CCCCCC2CCCCCC2)CO1. The molecule has 18 heavy (non-hydrogen) atoms. The fourth-order valence-corrected chi connectivity index (χ4v) is 3.13. The molecule has 1 heterocycles. The van der Waals surface area contributed by atoms with Crippen molar-refractivity contribution in [3.63, 3.8) is 0 Å². The zero-order valence-electron chi connectivity index (χ0n) is 11.3. The number of unbranched alkanes of at least 4 members (excludes halogenated alkanes) is 2. The van der Waals surface area contributed by atoms with Gasteiger partial charge in [-0.3, -0.25) is 0 Å². The van der Waals surface area contributed by atoms with Crippen LogP contribution >= 0.6 is 0 Å². The molecule has 3 nitrogen and oxygen atoms in total. The van der Waals surface area contributed by atoms with Crippen molar-refractivity contribution in [1.29, 1.82) is 0 Å². The van der Waals surface area contributed by atoms with Crippen LogP contribution in [0.4, 0.5) is 0 Å². The Kier molecular flexibility index (Phi) is 5.04. The number of ether oxygens (including phenoxy) is 1. The van der Waals surface area contributed by atoms with Gasteiger partial charge in [-0.1, -0.05) is 57.8 Å². The van der Waals surface area contributed by atoms with Gasteiger partial charge in [0.25, 0.3) is 0 Å². The molecule has 0 radical (unpaired) electrons. The van der Waals surface area contributed by atoms with E-state index in [1.165, 1.54) is 51.4 Å². The highest BCUT2D eigenvalue weighted by atomic mass is 16.6. The van der Waals surface area contributed by atoms with Gasteiger partial charge >= 0.3 is 5.97 Å². The van der Waals surface area contributed by atoms with E-state index in [1.54, 1.807) is 0 Å². The third-order valence-corrected chi connectivity index (χ3v) is 4.55. The van der Waals surface area contributed by atoms with Crippen molar-refractivity contribution >= 4 is 5.97 Å². The summed E-state index contributed by atoms with van der Waals surface area (Å²) in [5.41, 5.74) is -0.789. The molecule has 1 saturated carbocycles. The van der Waals surface area contributed by atoms with E-state index in [2.05, 4.69) is 0 Å². The molecule has 2 aliphatic rings. The van der Waals surface area contributed by atoms with Crippen molar-refractivity contribution in [3.8, 4) is 0 Å². The summed E-state index contributed by atoms with van der Waals surface area (Å²) in [5.74, 6) is 0.171. The minimum absolute atomic E-state index is 0.422. The van der Waals surface area contributed by atoms with Crippen LogP contribution in [0.25, 0.3) is 0 Å². The predicted octanol–water partition coefficient (Wildman–Crippen LogP) is 3.76. The molecular weight excluding hydrogens is 228 g/mol. The Bertz CT molecular complexity index is 263. The van der Waals surface area contributed by atoms with E-state index in [4.69, 9.17) is 9.84 Å². The topological polar surface area (TPSA) is 49.8 Å². The zero-order valence-corrected chi connectivity index (χ0v) is 11.3. The summed E-state index contributed by atoms with van der Waals surface area (Å²) in [7, 11) is 0. The lowest BCUT2D eigenvalue weighted by molar-refractivity contribution is -0.143. The van der Waals surface area contributed by atoms with Crippen molar-refractivity contribution in [3.05, 3.63) is 0 Å². The quantitative estimate of drug-likeness (QED) is 0.427. The summed E-state index contributed by atoms with van der Waals surface area (Å²) in [6.45, 7) is 0.422. The Morgan fingerprint density at radius 2 is 1.78 bits per heavy atom. The van der Waals surface area contributed by atoms with E-state index in [0.29, 0.717) is 13.0 Å². The number of hydrogen-bond donors (Lipinski definition) is 1. The van der Waals surface area contributed by atoms with Crippen molar-refractivity contribution in [2.45, 2.75) is 76.2 Å². The molecule has 0 amide bonds. The molecule has 0 aromatic rings. The number of epoxide rings is 1. The number of carboxylic acid groups (broad SMARTS) is 1. The third-order valence-electron chi connectivity index (χ3n) is 4.55. The van der Waals surface area contributed by atoms with Gasteiger partial charge in [-0.05, 0) is 18.8 Å². The van der Waals surface area contributed by atoms with Gasteiger partial charge in [0.15, 0.2) is 5.60 Å². The molecule has 3 heteroatoms. The molecule has 1 saturated heterocycles. The van der Waals surface area contributed by atoms with E-state index in [-0.39, 0.29) is 0 Å². The van der Waals surface area contributed by atoms with Gasteiger partial charge in [0.2, 0.25) is 0 Å². The Balaban J connectivity index is 1.52. The van der Waals surface area contributed by atoms with Crippen molar-refractivity contribution < 1.29 is 14.6 Å². The van der Waals surface area contributed by atoms with Gasteiger partial charge in [0.05, 0.1) is 6.61 Å². The molecule has 1 atom stereocenters. The predicted molar refractivity (Wildman–Crippen MR) is 70.6 cm³/mol. The van der Waals surface area contributed by atoms with E-state index in [1.807, 2.05) is 0 Å². The second-order valence-corrected chi connectivity index (χ2v) is 6.05. The molecule has 0 bridgehead atoms. The molecule has 1 unspecified atom stereocenters. The normalized spacial score (nSPS) is 28.9. The van der Waals surface area contributed by atoms with Crippen molar-refractivity contribution in [2.75, 3.05) is 6.61 Å². The second kappa shape index (κ2) is 6.55. The molecule has 1 aliphatic carbocycles. The molecule has 0 spiro atoms. The maximum Gasteiger partial charge on any atom is 0.338 e. The van der Waals surface area contributed by atoms with Gasteiger partial charge in [0.1, 0.15) is 0 Å². The molecule has 2 fully saturated rings. The van der Waals surface area contributed by atoms with Gasteiger partial charge in [-0.2, -0.15) is 0 Å². The minimum atomic E-state index is -0.789. The smallest absolute Gasteiger partial charge is 0.338 e. The Morgan fingerprint density at radius 3 is 2.33 bits per heavy atom. The highest BCUT2D eigenvalue weighted by molar-refractivity contribution is 5.80. The van der Waals surface area contributed by atoms with Crippen LogP contribution in [-0.4, -0.2) is 23.3 Å². The standard InChI is InChI=1S/C15H26O3/c16-14(17)15(12-18-15)11-7-3-6-10-13-8-4-1-2-5-9-13/h13H,1-12H2,(H,16,17). The van der Waals surface area contributed by atoms with Crippen LogP contribution in [0.3, 0.4) is 0 Å². The van der Waals surface area contributed by atoms with Crippen LogP contribution < -0.4 is 0 Å². The maximum absolute atomic E-state index is 10.9. The van der Waals surface area contributed by atoms with Gasteiger partial charge in [0, 0.05) is 0 Å². The van der Waals surface area contributed by atoms with Crippen molar-refractivity contribution in [2.24, 2.45) is 5.92 Å². The number of carboxylic acids is 1. The Morgan fingerprint density at radius 1 is 1.11 bits per heavy atom. The van der Waals surface area contributed by atoms with Gasteiger partial charge in [-0.25, -0.2) is 4.79 Å². The average Bonchev–Trinajstić information content (AvgIpc) is 3.13. The first-order valence-corrected chi connectivity index (χ1v) is 7.60. The molecule has 0 aromatic carbocycles. The van der Waals surface area contributed by atoms with Gasteiger partial charge in [-0.15, -0.1) is 0 Å². The van der Waals surface area contributed by atoms with E-state index >= 15 is 0 Å². The van der Waals surface area contributed by atoms with Crippen molar-refractivity contribution in [1.82, 2.24) is 0 Å². The summed E-state index contributed by atoms with van der Waals surface area (Å²) in [4.78, 5) is 10.9. The summed E-state index contributed by atoms with van der Waals surface area (Å²) in [5, 5.41) is 8.97. The Labute approximate surface area is 110 Å². The third kappa shape index (κ3) is 3.98. The number of carbonyl (C=O) groups is 1. The number of aliphatic carboxylic acids is 1. The lowest BCUT2D eigenvalue weighted by Gasteiger charge is -2.13. The van der Waals surface area contributed by atoms with Crippen LogP contribution in [0.1, 0.15) is 70.6 Å². The van der Waals surface area contributed by atoms with E-state index in [9.17, 15) is 4.79 Å². The molecule has 1 N–H and O–H groups in total. The fraction of sp³-hybridized carbons (Fsp3) is 0.933. The molecular formula is C15H26O3. The van der Waals surface area contributed by atoms with Crippen LogP contribution in [0.2, 0.25) is 0 Å². The molecule has 1 aliphatic heterocycles. The Hall–Kier alpha value is -0.570. The first-order valence-electron chi connectivity index (χ1n) is 7.60. The van der Waals surface area contributed by atoms with Crippen LogP contribution in [-0.2, 0) is 9.53 Å². The van der Waals surface area contributed by atoms with Crippen LogP contribution in [0.15, 0.2) is 0 Å². The van der Waals surface area contributed by atoms with E-state index in [0.717, 1.165) is 18.8 Å². The fourth-order valence-electron chi connectivity index (χ4n) is 3.13. The maximum atomic E-state index is 10.9. The highest BCUT2D eigenvalue weighted by Crippen LogP contribution is 2.33. The molecule has 2 rings (SSSR count). The lowest BCUT2D eigenvalue weighted by atomic mass is 9.93. The first kappa shape index (κ1) is 13.9. The summed E-state index contributed by atoms with van der Waals surface area (Å²) in [6.07, 6.45) is 14.0. The van der Waals surface area contributed by atoms with Crippen LogP contribution in [0.5, 0.6) is 0 Å². The zero-order chi connectivity index (χ0) is 12.8.